The molecule has 102 valence electrons. The molecule has 0 saturated carbocycles. The molecular weight excluding hydrogens is 250 g/mol. The van der Waals surface area contributed by atoms with Crippen molar-refractivity contribution in [1.29, 1.82) is 0 Å². The average molecular weight is 271 g/mol. The smallest absolute Gasteiger partial charge is 0.209 e. The van der Waals surface area contributed by atoms with Gasteiger partial charge >= 0.3 is 0 Å². The number of benzene rings is 1. The van der Waals surface area contributed by atoms with Crippen molar-refractivity contribution in [2.45, 2.75) is 26.8 Å². The number of hydrogen-bond acceptors (Lipinski definition) is 3. The molecule has 0 heterocycles. The van der Waals surface area contributed by atoms with Crippen molar-refractivity contribution in [1.82, 2.24) is 4.72 Å². The quantitative estimate of drug-likeness (QED) is 0.914. The highest BCUT2D eigenvalue weighted by molar-refractivity contribution is 7.88. The lowest BCUT2D eigenvalue weighted by atomic mass is 9.83. The van der Waals surface area contributed by atoms with E-state index in [1.165, 1.54) is 6.26 Å². The van der Waals surface area contributed by atoms with Gasteiger partial charge in [-0.15, -0.1) is 0 Å². The van der Waals surface area contributed by atoms with Crippen molar-refractivity contribution >= 4 is 10.0 Å². The fourth-order valence-electron chi connectivity index (χ4n) is 1.78. The number of sulfonamides is 1. The van der Waals surface area contributed by atoms with Crippen molar-refractivity contribution in [3.63, 3.8) is 0 Å². The molecule has 0 aliphatic heterocycles. The zero-order chi connectivity index (χ0) is 14.0. The third-order valence-corrected chi connectivity index (χ3v) is 3.29. The maximum Gasteiger partial charge on any atom is 0.209 e. The first-order valence-corrected chi connectivity index (χ1v) is 7.64. The lowest BCUT2D eigenvalue weighted by Gasteiger charge is -2.31. The molecule has 0 spiro atoms. The minimum atomic E-state index is -3.27. The van der Waals surface area contributed by atoms with Crippen molar-refractivity contribution < 1.29 is 13.2 Å². The van der Waals surface area contributed by atoms with E-state index in [2.05, 4.69) is 4.72 Å². The Kier molecular flexibility index (Phi) is 4.40. The fraction of sp³-hybridized carbons (Fsp3) is 0.538. The van der Waals surface area contributed by atoms with E-state index in [4.69, 9.17) is 4.74 Å². The van der Waals surface area contributed by atoms with Gasteiger partial charge in [-0.2, -0.15) is 0 Å². The van der Waals surface area contributed by atoms with Gasteiger partial charge in [-0.3, -0.25) is 0 Å². The highest BCUT2D eigenvalue weighted by Crippen LogP contribution is 2.34. The van der Waals surface area contributed by atoms with Crippen LogP contribution in [0.3, 0.4) is 0 Å². The highest BCUT2D eigenvalue weighted by atomic mass is 32.2. The van der Waals surface area contributed by atoms with Crippen LogP contribution >= 0.6 is 0 Å². The molecule has 1 rings (SSSR count). The van der Waals surface area contributed by atoms with Crippen molar-refractivity contribution in [3.05, 3.63) is 29.8 Å². The largest absolute Gasteiger partial charge is 0.497 e. The molecule has 1 atom stereocenters. The van der Waals surface area contributed by atoms with Crippen LogP contribution in [0.4, 0.5) is 0 Å². The van der Waals surface area contributed by atoms with Gasteiger partial charge in [0.05, 0.1) is 19.4 Å². The maximum atomic E-state index is 11.5. The molecule has 0 aliphatic carbocycles. The molecule has 1 N–H and O–H groups in total. The summed E-state index contributed by atoms with van der Waals surface area (Å²) in [5, 5.41) is 0. The van der Waals surface area contributed by atoms with Gasteiger partial charge in [0.15, 0.2) is 0 Å². The van der Waals surface area contributed by atoms with E-state index in [0.29, 0.717) is 0 Å². The van der Waals surface area contributed by atoms with Crippen LogP contribution in [-0.4, -0.2) is 21.8 Å². The van der Waals surface area contributed by atoms with E-state index >= 15 is 0 Å². The summed E-state index contributed by atoms with van der Waals surface area (Å²) in [4.78, 5) is 0. The molecule has 0 aromatic heterocycles. The van der Waals surface area contributed by atoms with Gasteiger partial charge in [0.2, 0.25) is 10.0 Å². The lowest BCUT2D eigenvalue weighted by molar-refractivity contribution is 0.303. The van der Waals surface area contributed by atoms with Crippen LogP contribution in [0.25, 0.3) is 0 Å². The van der Waals surface area contributed by atoms with Crippen molar-refractivity contribution in [2.75, 3.05) is 13.4 Å². The zero-order valence-corrected chi connectivity index (χ0v) is 12.3. The molecule has 1 aromatic rings. The summed E-state index contributed by atoms with van der Waals surface area (Å²) in [6.45, 7) is 5.99. The molecule has 1 aromatic carbocycles. The van der Waals surface area contributed by atoms with Gasteiger partial charge in [-0.05, 0) is 23.1 Å². The highest BCUT2D eigenvalue weighted by Gasteiger charge is 2.29. The Hall–Kier alpha value is -1.07. The van der Waals surface area contributed by atoms with Crippen molar-refractivity contribution in [3.8, 4) is 5.75 Å². The van der Waals surface area contributed by atoms with E-state index in [-0.39, 0.29) is 11.5 Å². The maximum absolute atomic E-state index is 11.5. The van der Waals surface area contributed by atoms with Gasteiger partial charge in [0.25, 0.3) is 0 Å². The SMILES string of the molecule is COc1cccc([C@H](NS(C)(=O)=O)C(C)(C)C)c1. The summed E-state index contributed by atoms with van der Waals surface area (Å²) in [7, 11) is -1.67. The molecule has 5 heteroatoms. The Bertz CT molecular complexity index is 503. The van der Waals surface area contributed by atoms with Crippen molar-refractivity contribution in [2.24, 2.45) is 5.41 Å². The Balaban J connectivity index is 3.18. The first-order valence-electron chi connectivity index (χ1n) is 5.75. The van der Waals surface area contributed by atoms with E-state index in [0.717, 1.165) is 11.3 Å². The van der Waals surface area contributed by atoms with E-state index in [1.807, 2.05) is 45.0 Å². The Labute approximate surface area is 109 Å². The number of rotatable bonds is 4. The third kappa shape index (κ3) is 4.31. The fourth-order valence-corrected chi connectivity index (χ4v) is 2.70. The lowest BCUT2D eigenvalue weighted by Crippen LogP contribution is -2.35. The average Bonchev–Trinajstić information content (AvgIpc) is 2.23. The summed E-state index contributed by atoms with van der Waals surface area (Å²) in [5.41, 5.74) is 0.669. The first-order chi connectivity index (χ1) is 8.13. The van der Waals surface area contributed by atoms with E-state index in [1.54, 1.807) is 7.11 Å². The van der Waals surface area contributed by atoms with Crippen LogP contribution in [-0.2, 0) is 10.0 Å². The second-order valence-corrected chi connectivity index (χ2v) is 7.25. The zero-order valence-electron chi connectivity index (χ0n) is 11.5. The second-order valence-electron chi connectivity index (χ2n) is 5.47. The summed E-state index contributed by atoms with van der Waals surface area (Å²) >= 11 is 0. The monoisotopic (exact) mass is 271 g/mol. The summed E-state index contributed by atoms with van der Waals surface area (Å²) in [5.74, 6) is 0.719. The first kappa shape index (κ1) is 15.0. The molecule has 0 aliphatic rings. The number of hydrogen-bond donors (Lipinski definition) is 1. The predicted octanol–water partition coefficient (Wildman–Crippen LogP) is 2.33. The topological polar surface area (TPSA) is 55.4 Å². The van der Waals surface area contributed by atoms with E-state index in [9.17, 15) is 8.42 Å². The Morgan fingerprint density at radius 1 is 1.28 bits per heavy atom. The molecule has 0 amide bonds. The van der Waals surface area contributed by atoms with Gasteiger partial charge in [-0.25, -0.2) is 13.1 Å². The number of nitrogens with one attached hydrogen (secondary N) is 1. The number of methoxy groups -OCH3 is 1. The third-order valence-electron chi connectivity index (χ3n) is 2.63. The Morgan fingerprint density at radius 3 is 2.33 bits per heavy atom. The van der Waals surface area contributed by atoms with Crippen LogP contribution < -0.4 is 9.46 Å². The van der Waals surface area contributed by atoms with Crippen LogP contribution in [0.2, 0.25) is 0 Å². The van der Waals surface area contributed by atoms with Gasteiger partial charge in [0, 0.05) is 0 Å². The predicted molar refractivity (Wildman–Crippen MR) is 73.2 cm³/mol. The number of ether oxygens (including phenoxy) is 1. The van der Waals surface area contributed by atoms with Gasteiger partial charge < -0.3 is 4.74 Å². The molecule has 0 radical (unpaired) electrons. The summed E-state index contributed by atoms with van der Waals surface area (Å²) in [6.07, 6.45) is 1.17. The normalized spacial score (nSPS) is 14.3. The summed E-state index contributed by atoms with van der Waals surface area (Å²) in [6, 6.07) is 7.16. The standard InChI is InChI=1S/C13H21NO3S/c1-13(2,3)12(14-18(5,15)16)10-7-6-8-11(9-10)17-4/h6-9,12,14H,1-5H3/t12-/m0/s1. The summed E-state index contributed by atoms with van der Waals surface area (Å²) < 4.78 is 30.8. The van der Waals surface area contributed by atoms with Crippen LogP contribution in [0.15, 0.2) is 24.3 Å². The van der Waals surface area contributed by atoms with Crippen LogP contribution in [0, 0.1) is 5.41 Å². The minimum Gasteiger partial charge on any atom is -0.497 e. The second kappa shape index (κ2) is 5.28. The van der Waals surface area contributed by atoms with Crippen LogP contribution in [0.5, 0.6) is 5.75 Å². The Morgan fingerprint density at radius 2 is 1.89 bits per heavy atom. The van der Waals surface area contributed by atoms with E-state index < -0.39 is 10.0 Å². The molecule has 4 nitrogen and oxygen atoms in total. The van der Waals surface area contributed by atoms with Gasteiger partial charge in [-0.1, -0.05) is 32.9 Å². The minimum absolute atomic E-state index is 0.227. The molecule has 0 saturated heterocycles. The molecule has 0 unspecified atom stereocenters. The molecule has 0 bridgehead atoms. The molecular formula is C13H21NO3S. The van der Waals surface area contributed by atoms with Gasteiger partial charge in [0.1, 0.15) is 5.75 Å². The molecule has 18 heavy (non-hydrogen) atoms. The van der Waals surface area contributed by atoms with Crippen LogP contribution in [0.1, 0.15) is 32.4 Å². The molecule has 0 fully saturated rings.